The van der Waals surface area contributed by atoms with E-state index in [-0.39, 0.29) is 18.0 Å². The maximum Gasteiger partial charge on any atom is 0.297 e. The molecule has 8 heteroatoms. The van der Waals surface area contributed by atoms with Crippen molar-refractivity contribution in [1.29, 1.82) is 0 Å². The fourth-order valence-electron chi connectivity index (χ4n) is 2.64. The summed E-state index contributed by atoms with van der Waals surface area (Å²) >= 11 is 0. The van der Waals surface area contributed by atoms with E-state index in [0.717, 1.165) is 16.4 Å². The van der Waals surface area contributed by atoms with Gasteiger partial charge in [0.1, 0.15) is 23.7 Å². The van der Waals surface area contributed by atoms with Gasteiger partial charge in [0.25, 0.3) is 5.56 Å². The molecule has 2 heterocycles. The number of para-hydroxylation sites is 1. The van der Waals surface area contributed by atoms with Gasteiger partial charge in [-0.15, -0.1) is 0 Å². The molecule has 26 heavy (non-hydrogen) atoms. The van der Waals surface area contributed by atoms with Crippen molar-refractivity contribution in [1.82, 2.24) is 20.2 Å². The third kappa shape index (κ3) is 3.44. The molecule has 0 saturated carbocycles. The summed E-state index contributed by atoms with van der Waals surface area (Å²) < 4.78 is 6.74. The fraction of sp³-hybridized carbons (Fsp3) is 0.333. The molecule has 3 aromatic rings. The summed E-state index contributed by atoms with van der Waals surface area (Å²) in [6.45, 7) is 3.83. The summed E-state index contributed by atoms with van der Waals surface area (Å²) in [6, 6.07) is 6.53. The van der Waals surface area contributed by atoms with Gasteiger partial charge in [-0.05, 0) is 25.5 Å². The highest BCUT2D eigenvalue weighted by Gasteiger charge is 2.17. The molecule has 1 unspecified atom stereocenters. The molecule has 0 aliphatic rings. The van der Waals surface area contributed by atoms with Crippen LogP contribution < -0.4 is 16.2 Å². The molecule has 2 N–H and O–H groups in total. The molecule has 2 aromatic heterocycles. The minimum absolute atomic E-state index is 0.107. The van der Waals surface area contributed by atoms with E-state index in [0.29, 0.717) is 17.6 Å². The fourth-order valence-corrected chi connectivity index (χ4v) is 2.64. The zero-order valence-electron chi connectivity index (χ0n) is 14.6. The minimum Gasteiger partial charge on any atom is -0.448 e. The van der Waals surface area contributed by atoms with Crippen LogP contribution in [0.5, 0.6) is 0 Å². The van der Waals surface area contributed by atoms with Gasteiger partial charge in [-0.3, -0.25) is 19.0 Å². The molecule has 3 rings (SSSR count). The predicted octanol–water partition coefficient (Wildman–Crippen LogP) is 1.17. The van der Waals surface area contributed by atoms with Gasteiger partial charge in [0.05, 0.1) is 6.33 Å². The quantitative estimate of drug-likeness (QED) is 0.690. The van der Waals surface area contributed by atoms with Crippen LogP contribution >= 0.6 is 0 Å². The van der Waals surface area contributed by atoms with Crippen LogP contribution in [0.15, 0.2) is 39.8 Å². The Morgan fingerprint density at radius 3 is 2.85 bits per heavy atom. The molecular weight excluding hydrogens is 336 g/mol. The van der Waals surface area contributed by atoms with Crippen LogP contribution in [0, 0.1) is 0 Å². The Hall–Kier alpha value is -3.16. The number of benzene rings is 1. The van der Waals surface area contributed by atoms with Crippen molar-refractivity contribution in [3.8, 4) is 0 Å². The second kappa shape index (κ2) is 7.38. The first-order valence-electron chi connectivity index (χ1n) is 8.45. The first kappa shape index (κ1) is 17.7. The second-order valence-electron chi connectivity index (χ2n) is 6.03. The number of furan rings is 1. The maximum atomic E-state index is 12.6. The summed E-state index contributed by atoms with van der Waals surface area (Å²) in [5.74, 6) is -0.720. The van der Waals surface area contributed by atoms with Crippen LogP contribution in [-0.2, 0) is 16.1 Å². The van der Waals surface area contributed by atoms with E-state index in [2.05, 4.69) is 15.6 Å². The molecule has 136 valence electrons. The van der Waals surface area contributed by atoms with Crippen molar-refractivity contribution >= 4 is 33.9 Å². The summed E-state index contributed by atoms with van der Waals surface area (Å²) in [6.07, 6.45) is 2.12. The van der Waals surface area contributed by atoms with Crippen molar-refractivity contribution in [3.63, 3.8) is 0 Å². The molecule has 1 atom stereocenters. The van der Waals surface area contributed by atoms with Crippen LogP contribution in [0.3, 0.4) is 0 Å². The lowest BCUT2D eigenvalue weighted by atomic mass is 10.2. The molecule has 0 bridgehead atoms. The minimum atomic E-state index is -0.687. The Balaban J connectivity index is 1.77. The molecule has 0 saturated heterocycles. The topological polar surface area (TPSA) is 106 Å². The molecule has 0 fully saturated rings. The molecule has 0 aliphatic carbocycles. The molecule has 1 aromatic carbocycles. The Morgan fingerprint density at radius 2 is 2.08 bits per heavy atom. The zero-order chi connectivity index (χ0) is 18.7. The van der Waals surface area contributed by atoms with Crippen molar-refractivity contribution in [2.45, 2.75) is 32.9 Å². The van der Waals surface area contributed by atoms with Gasteiger partial charge in [-0.1, -0.05) is 19.1 Å². The van der Waals surface area contributed by atoms with Gasteiger partial charge < -0.3 is 15.1 Å². The number of carbonyl (C=O) groups excluding carboxylic acids is 2. The van der Waals surface area contributed by atoms with Gasteiger partial charge in [0, 0.05) is 11.9 Å². The van der Waals surface area contributed by atoms with Crippen molar-refractivity contribution in [3.05, 3.63) is 40.9 Å². The van der Waals surface area contributed by atoms with Gasteiger partial charge in [-0.2, -0.15) is 0 Å². The lowest BCUT2D eigenvalue weighted by molar-refractivity contribution is -0.128. The molecule has 0 spiro atoms. The molecule has 8 nitrogen and oxygen atoms in total. The number of nitrogens with zero attached hydrogens (tertiary/aromatic N) is 2. The van der Waals surface area contributed by atoms with Crippen molar-refractivity contribution in [2.24, 2.45) is 0 Å². The Bertz CT molecular complexity index is 1020. The van der Waals surface area contributed by atoms with Crippen LogP contribution in [0.2, 0.25) is 0 Å². The third-order valence-electron chi connectivity index (χ3n) is 3.98. The number of amides is 2. The van der Waals surface area contributed by atoms with Crippen LogP contribution in [0.4, 0.5) is 0 Å². The molecule has 0 aliphatic heterocycles. The monoisotopic (exact) mass is 356 g/mol. The number of aromatic nitrogens is 2. The number of hydrogen-bond donors (Lipinski definition) is 2. The van der Waals surface area contributed by atoms with Crippen molar-refractivity contribution in [2.75, 3.05) is 6.54 Å². The number of carbonyl (C=O) groups is 2. The van der Waals surface area contributed by atoms with E-state index in [4.69, 9.17) is 4.42 Å². The van der Waals surface area contributed by atoms with Crippen molar-refractivity contribution < 1.29 is 14.0 Å². The summed E-state index contributed by atoms with van der Waals surface area (Å²) in [5, 5.41) is 6.02. The van der Waals surface area contributed by atoms with E-state index in [9.17, 15) is 14.4 Å². The largest absolute Gasteiger partial charge is 0.448 e. The standard InChI is InChI=1S/C18H20N4O4/c1-3-8-19-17(24)11(2)21-14(23)9-22-10-20-15-12-6-4-5-7-13(12)26-16(15)18(22)25/h4-7,10-11H,3,8-9H2,1-2H3,(H,19,24)(H,21,23). The molecular formula is C18H20N4O4. The first-order chi connectivity index (χ1) is 12.5. The lowest BCUT2D eigenvalue weighted by Gasteiger charge is -2.14. The van der Waals surface area contributed by atoms with Crippen LogP contribution in [0.1, 0.15) is 20.3 Å². The number of rotatable bonds is 6. The Morgan fingerprint density at radius 1 is 1.31 bits per heavy atom. The van der Waals surface area contributed by atoms with E-state index >= 15 is 0 Å². The van der Waals surface area contributed by atoms with Crippen LogP contribution in [0.25, 0.3) is 22.1 Å². The SMILES string of the molecule is CCCNC(=O)C(C)NC(=O)Cn1cnc2c(oc3ccccc32)c1=O. The average molecular weight is 356 g/mol. The normalized spacial score (nSPS) is 12.2. The highest BCUT2D eigenvalue weighted by Crippen LogP contribution is 2.23. The third-order valence-corrected chi connectivity index (χ3v) is 3.98. The van der Waals surface area contributed by atoms with Crippen LogP contribution in [-0.4, -0.2) is 34.0 Å². The Kier molecular flexibility index (Phi) is 5.01. The predicted molar refractivity (Wildman–Crippen MR) is 96.7 cm³/mol. The van der Waals surface area contributed by atoms with E-state index in [1.165, 1.54) is 6.33 Å². The number of fused-ring (bicyclic) bond motifs is 3. The lowest BCUT2D eigenvalue weighted by Crippen LogP contribution is -2.46. The Labute approximate surface area is 149 Å². The van der Waals surface area contributed by atoms with Gasteiger partial charge in [0.15, 0.2) is 0 Å². The highest BCUT2D eigenvalue weighted by atomic mass is 16.3. The molecule has 0 radical (unpaired) electrons. The zero-order valence-corrected chi connectivity index (χ0v) is 14.6. The first-order valence-corrected chi connectivity index (χ1v) is 8.45. The van der Waals surface area contributed by atoms with E-state index in [1.54, 1.807) is 13.0 Å². The summed E-state index contributed by atoms with van der Waals surface area (Å²) in [7, 11) is 0. The average Bonchev–Trinajstić information content (AvgIpc) is 3.01. The molecule has 2 amide bonds. The van der Waals surface area contributed by atoms with Gasteiger partial charge in [0.2, 0.25) is 17.4 Å². The number of hydrogen-bond acceptors (Lipinski definition) is 5. The highest BCUT2D eigenvalue weighted by molar-refractivity contribution is 6.01. The summed E-state index contributed by atoms with van der Waals surface area (Å²) in [5.41, 5.74) is 0.699. The smallest absolute Gasteiger partial charge is 0.297 e. The summed E-state index contributed by atoms with van der Waals surface area (Å²) in [4.78, 5) is 40.8. The van der Waals surface area contributed by atoms with Gasteiger partial charge in [-0.25, -0.2) is 4.98 Å². The maximum absolute atomic E-state index is 12.6. The van der Waals surface area contributed by atoms with E-state index < -0.39 is 17.5 Å². The van der Waals surface area contributed by atoms with Gasteiger partial charge >= 0.3 is 0 Å². The van der Waals surface area contributed by atoms with E-state index in [1.807, 2.05) is 25.1 Å². The second-order valence-corrected chi connectivity index (χ2v) is 6.03. The number of nitrogens with one attached hydrogen (secondary N) is 2.